The standard InChI is InChI=1S/C10H20N2O/c1-10(2)5-9(10)12-6-8-7-13-4-3-11-8/h8-9,11-12H,3-7H2,1-2H3. The lowest BCUT2D eigenvalue weighted by Gasteiger charge is -2.24. The normalized spacial score (nSPS) is 37.4. The van der Waals surface area contributed by atoms with E-state index in [4.69, 9.17) is 4.74 Å². The molecule has 1 heterocycles. The van der Waals surface area contributed by atoms with Gasteiger partial charge < -0.3 is 15.4 Å². The van der Waals surface area contributed by atoms with E-state index in [1.54, 1.807) is 0 Å². The monoisotopic (exact) mass is 184 g/mol. The van der Waals surface area contributed by atoms with Gasteiger partial charge in [0.2, 0.25) is 0 Å². The quantitative estimate of drug-likeness (QED) is 0.664. The first kappa shape index (κ1) is 9.44. The second-order valence-corrected chi connectivity index (χ2v) is 4.88. The van der Waals surface area contributed by atoms with E-state index in [1.165, 1.54) is 6.42 Å². The van der Waals surface area contributed by atoms with E-state index in [0.717, 1.165) is 32.3 Å². The largest absolute Gasteiger partial charge is 0.378 e. The highest BCUT2D eigenvalue weighted by atomic mass is 16.5. The summed E-state index contributed by atoms with van der Waals surface area (Å²) in [5, 5.41) is 7.02. The Bertz CT molecular complexity index is 176. The predicted molar refractivity (Wildman–Crippen MR) is 52.8 cm³/mol. The Labute approximate surface area is 80.2 Å². The third-order valence-electron chi connectivity index (χ3n) is 3.12. The van der Waals surface area contributed by atoms with Crippen LogP contribution < -0.4 is 10.6 Å². The number of hydrogen-bond donors (Lipinski definition) is 2. The molecule has 0 aromatic heterocycles. The van der Waals surface area contributed by atoms with Crippen molar-refractivity contribution in [1.29, 1.82) is 0 Å². The smallest absolute Gasteiger partial charge is 0.0632 e. The van der Waals surface area contributed by atoms with Crippen molar-refractivity contribution < 1.29 is 4.74 Å². The number of rotatable bonds is 3. The summed E-state index contributed by atoms with van der Waals surface area (Å²) < 4.78 is 5.38. The average molecular weight is 184 g/mol. The molecule has 1 aliphatic carbocycles. The summed E-state index contributed by atoms with van der Waals surface area (Å²) in [5.74, 6) is 0. The zero-order valence-electron chi connectivity index (χ0n) is 8.60. The zero-order valence-corrected chi connectivity index (χ0v) is 8.60. The molecule has 2 unspecified atom stereocenters. The second kappa shape index (κ2) is 3.56. The van der Waals surface area contributed by atoms with Crippen molar-refractivity contribution in [3.63, 3.8) is 0 Å². The van der Waals surface area contributed by atoms with Crippen molar-refractivity contribution in [2.24, 2.45) is 5.41 Å². The molecule has 1 saturated carbocycles. The predicted octanol–water partition coefficient (Wildman–Crippen LogP) is 0.363. The molecule has 0 aromatic rings. The molecule has 0 amide bonds. The van der Waals surface area contributed by atoms with Crippen LogP contribution in [0.3, 0.4) is 0 Å². The van der Waals surface area contributed by atoms with Gasteiger partial charge in [0.15, 0.2) is 0 Å². The molecule has 3 heteroatoms. The Morgan fingerprint density at radius 2 is 2.31 bits per heavy atom. The van der Waals surface area contributed by atoms with Crippen LogP contribution >= 0.6 is 0 Å². The Morgan fingerprint density at radius 1 is 1.54 bits per heavy atom. The minimum Gasteiger partial charge on any atom is -0.378 e. The summed E-state index contributed by atoms with van der Waals surface area (Å²) in [5.41, 5.74) is 0.537. The summed E-state index contributed by atoms with van der Waals surface area (Å²) in [6, 6.07) is 1.25. The maximum Gasteiger partial charge on any atom is 0.0632 e. The van der Waals surface area contributed by atoms with E-state index in [9.17, 15) is 0 Å². The summed E-state index contributed by atoms with van der Waals surface area (Å²) >= 11 is 0. The van der Waals surface area contributed by atoms with Crippen molar-refractivity contribution in [1.82, 2.24) is 10.6 Å². The van der Waals surface area contributed by atoms with Gasteiger partial charge in [0.1, 0.15) is 0 Å². The summed E-state index contributed by atoms with van der Waals surface area (Å²) in [6.45, 7) is 8.41. The van der Waals surface area contributed by atoms with Crippen LogP contribution in [0.15, 0.2) is 0 Å². The number of nitrogens with one attached hydrogen (secondary N) is 2. The third kappa shape index (κ3) is 2.42. The molecule has 13 heavy (non-hydrogen) atoms. The van der Waals surface area contributed by atoms with Gasteiger partial charge in [0, 0.05) is 25.2 Å². The van der Waals surface area contributed by atoms with Crippen molar-refractivity contribution in [3.8, 4) is 0 Å². The summed E-state index contributed by atoms with van der Waals surface area (Å²) in [6.07, 6.45) is 1.32. The lowest BCUT2D eigenvalue weighted by Crippen LogP contribution is -2.47. The van der Waals surface area contributed by atoms with Crippen LogP contribution in [0.5, 0.6) is 0 Å². The fraction of sp³-hybridized carbons (Fsp3) is 1.00. The molecule has 0 aromatic carbocycles. The molecular weight excluding hydrogens is 164 g/mol. The van der Waals surface area contributed by atoms with Gasteiger partial charge in [0.05, 0.1) is 13.2 Å². The second-order valence-electron chi connectivity index (χ2n) is 4.88. The molecular formula is C10H20N2O. The molecule has 2 aliphatic rings. The van der Waals surface area contributed by atoms with Gasteiger partial charge in [-0.15, -0.1) is 0 Å². The van der Waals surface area contributed by atoms with Gasteiger partial charge in [-0.25, -0.2) is 0 Å². The van der Waals surface area contributed by atoms with Crippen molar-refractivity contribution in [2.75, 3.05) is 26.3 Å². The van der Waals surface area contributed by atoms with Crippen LogP contribution in [0, 0.1) is 5.41 Å². The van der Waals surface area contributed by atoms with Crippen LogP contribution in [0.2, 0.25) is 0 Å². The topological polar surface area (TPSA) is 33.3 Å². The number of ether oxygens (including phenoxy) is 1. The Balaban J connectivity index is 1.62. The molecule has 0 radical (unpaired) electrons. The summed E-state index contributed by atoms with van der Waals surface area (Å²) in [4.78, 5) is 0. The maximum absolute atomic E-state index is 5.38. The maximum atomic E-state index is 5.38. The number of hydrogen-bond acceptors (Lipinski definition) is 3. The van der Waals surface area contributed by atoms with Gasteiger partial charge in [-0.1, -0.05) is 13.8 Å². The van der Waals surface area contributed by atoms with E-state index in [2.05, 4.69) is 24.5 Å². The Kier molecular flexibility index (Phi) is 2.58. The fourth-order valence-electron chi connectivity index (χ4n) is 1.85. The highest BCUT2D eigenvalue weighted by Crippen LogP contribution is 2.44. The highest BCUT2D eigenvalue weighted by Gasteiger charge is 2.45. The van der Waals surface area contributed by atoms with E-state index >= 15 is 0 Å². The van der Waals surface area contributed by atoms with Gasteiger partial charge in [-0.2, -0.15) is 0 Å². The summed E-state index contributed by atoms with van der Waals surface area (Å²) in [7, 11) is 0. The molecule has 2 fully saturated rings. The lowest BCUT2D eigenvalue weighted by atomic mass is 10.2. The van der Waals surface area contributed by atoms with E-state index in [0.29, 0.717) is 11.5 Å². The van der Waals surface area contributed by atoms with Gasteiger partial charge in [-0.3, -0.25) is 0 Å². The molecule has 0 bridgehead atoms. The van der Waals surface area contributed by atoms with Gasteiger partial charge >= 0.3 is 0 Å². The van der Waals surface area contributed by atoms with Gasteiger partial charge in [-0.05, 0) is 11.8 Å². The van der Waals surface area contributed by atoms with Crippen molar-refractivity contribution >= 4 is 0 Å². The van der Waals surface area contributed by atoms with Crippen molar-refractivity contribution in [2.45, 2.75) is 32.4 Å². The molecule has 2 rings (SSSR count). The molecule has 2 N–H and O–H groups in total. The highest BCUT2D eigenvalue weighted by molar-refractivity contribution is 5.01. The molecule has 3 nitrogen and oxygen atoms in total. The molecule has 76 valence electrons. The minimum absolute atomic E-state index is 0.519. The van der Waals surface area contributed by atoms with Gasteiger partial charge in [0.25, 0.3) is 0 Å². The minimum atomic E-state index is 0.519. The Morgan fingerprint density at radius 3 is 2.85 bits per heavy atom. The third-order valence-corrected chi connectivity index (χ3v) is 3.12. The van der Waals surface area contributed by atoms with Crippen LogP contribution in [0.4, 0.5) is 0 Å². The first-order valence-corrected chi connectivity index (χ1v) is 5.23. The van der Waals surface area contributed by atoms with Crippen LogP contribution in [0.25, 0.3) is 0 Å². The number of morpholine rings is 1. The Hall–Kier alpha value is -0.120. The first-order chi connectivity index (χ1) is 6.18. The zero-order chi connectivity index (χ0) is 9.31. The molecule has 1 aliphatic heterocycles. The van der Waals surface area contributed by atoms with Crippen LogP contribution in [-0.2, 0) is 4.74 Å². The first-order valence-electron chi connectivity index (χ1n) is 5.23. The molecule has 1 saturated heterocycles. The van der Waals surface area contributed by atoms with Crippen LogP contribution in [0.1, 0.15) is 20.3 Å². The fourth-order valence-corrected chi connectivity index (χ4v) is 1.85. The van der Waals surface area contributed by atoms with Crippen molar-refractivity contribution in [3.05, 3.63) is 0 Å². The SMILES string of the molecule is CC1(C)CC1NCC1COCCN1. The average Bonchev–Trinajstić information content (AvgIpc) is 2.73. The van der Waals surface area contributed by atoms with E-state index in [1.807, 2.05) is 0 Å². The lowest BCUT2D eigenvalue weighted by molar-refractivity contribution is 0.0764. The van der Waals surface area contributed by atoms with E-state index < -0.39 is 0 Å². The van der Waals surface area contributed by atoms with E-state index in [-0.39, 0.29) is 0 Å². The molecule has 2 atom stereocenters. The van der Waals surface area contributed by atoms with Crippen LogP contribution in [-0.4, -0.2) is 38.4 Å². The molecule has 0 spiro atoms.